The van der Waals surface area contributed by atoms with Crippen molar-refractivity contribution in [2.75, 3.05) is 0 Å². The minimum Gasteiger partial charge on any atom is -0.870 e. The van der Waals surface area contributed by atoms with Gasteiger partial charge in [0.1, 0.15) is 0 Å². The van der Waals surface area contributed by atoms with Crippen molar-refractivity contribution in [1.29, 1.82) is 0 Å². The van der Waals surface area contributed by atoms with Crippen molar-refractivity contribution in [3.63, 3.8) is 0 Å². The van der Waals surface area contributed by atoms with Crippen LogP contribution in [0.25, 0.3) is 0 Å². The number of phosphoric acid groups is 5. The second kappa shape index (κ2) is 76.3. The topological polar surface area (TPSA) is 707 Å². The van der Waals surface area contributed by atoms with E-state index in [1.807, 2.05) is 0 Å². The molecule has 0 fully saturated rings. The molecule has 232 valence electrons. The molecule has 0 aromatic carbocycles. The molecule has 0 unspecified atom stereocenters. The van der Waals surface area contributed by atoms with Crippen LogP contribution in [0, 0.1) is 0 Å². The monoisotopic (exact) mass is 836 g/mol. The van der Waals surface area contributed by atoms with E-state index in [1.165, 1.54) is 0 Å². The Morgan fingerprint density at radius 1 is 0.238 bits per heavy atom. The zero-order chi connectivity index (χ0) is 22.5. The molecule has 0 aliphatic rings. The quantitative estimate of drug-likeness (QED) is 0.161. The van der Waals surface area contributed by atoms with E-state index in [0.29, 0.717) is 0 Å². The van der Waals surface area contributed by atoms with Crippen molar-refractivity contribution < 1.29 is 146 Å². The average Bonchev–Trinajstić information content (AvgIpc) is 1.79. The summed E-state index contributed by atoms with van der Waals surface area (Å²) in [5.74, 6) is 0. The largest absolute Gasteiger partial charge is 3.00 e. The van der Waals surface area contributed by atoms with Crippen molar-refractivity contribution in [3.05, 3.63) is 0 Å². The molecule has 0 aliphatic heterocycles. The van der Waals surface area contributed by atoms with E-state index in [0.717, 1.165) is 0 Å². The number of hydrogen-bond acceptors (Lipinski definition) is 25. The molecular weight excluding hydrogens is 824 g/mol. The van der Waals surface area contributed by atoms with Crippen molar-refractivity contribution in [3.8, 4) is 0 Å². The summed E-state index contributed by atoms with van der Waals surface area (Å²) in [6, 6.07) is 0. The fourth-order valence-corrected chi connectivity index (χ4v) is 0. The Balaban J connectivity index is -0.00000000541. The Morgan fingerprint density at radius 3 is 0.238 bits per heavy atom. The molecule has 0 amide bonds. The van der Waals surface area contributed by atoms with E-state index in [4.69, 9.17) is 96.2 Å². The van der Waals surface area contributed by atoms with Gasteiger partial charge in [-0.2, -0.15) is 39.1 Å². The van der Waals surface area contributed by atoms with Gasteiger partial charge >= 0.3 is 162 Å². The SMILES string of the molecule is O.O.O.O.O=P([O-])([O-])[O-].O=P([O-])([O-])[O-].O=P([O-])([O-])[O-].O=P([O-])([O-])[O-].O=P([O-])([O-])[O-].[Al+3].[Al+3].[Al+3].[Al+3].[Mg+2].[Mg+2].[Mg+2].[Mg+2].[OH-].[OH-].[OH-].[OH-].[OH-]. The van der Waals surface area contributed by atoms with E-state index in [9.17, 15) is 0 Å². The molecular formula is H13Al4Mg4O29P5. The minimum atomic E-state index is -5.39. The van der Waals surface area contributed by atoms with Crippen LogP contribution in [0.5, 0.6) is 0 Å². The molecule has 0 bridgehead atoms. The summed E-state index contributed by atoms with van der Waals surface area (Å²) in [6.45, 7) is 0. The molecule has 0 rings (SSSR count). The molecule has 0 saturated carbocycles. The van der Waals surface area contributed by atoms with Crippen LogP contribution < -0.4 is 73.4 Å². The minimum absolute atomic E-state index is 0. The van der Waals surface area contributed by atoms with Crippen LogP contribution in [-0.4, -0.2) is 211 Å². The van der Waals surface area contributed by atoms with Gasteiger partial charge in [-0.15, -0.1) is 0 Å². The second-order valence-electron chi connectivity index (χ2n) is 2.24. The van der Waals surface area contributed by atoms with Crippen LogP contribution >= 0.6 is 39.1 Å². The third kappa shape index (κ3) is 3080. The fraction of sp³-hybridized carbons (Fsp3) is 0. The predicted molar refractivity (Wildman–Crippen MR) is 108 cm³/mol. The van der Waals surface area contributed by atoms with Gasteiger partial charge < -0.3 is 146 Å². The zero-order valence-electron chi connectivity index (χ0n) is 19.8. The van der Waals surface area contributed by atoms with Gasteiger partial charge in [0, 0.05) is 0 Å². The molecule has 0 spiro atoms. The van der Waals surface area contributed by atoms with Crippen LogP contribution in [-0.2, 0) is 22.8 Å². The maximum Gasteiger partial charge on any atom is 3.00 e. The van der Waals surface area contributed by atoms with Gasteiger partial charge in [-0.25, -0.2) is 0 Å². The zero-order valence-corrected chi connectivity index (χ0v) is 34.5. The van der Waals surface area contributed by atoms with Gasteiger partial charge in [-0.05, 0) is 0 Å². The van der Waals surface area contributed by atoms with Gasteiger partial charge in [-0.3, -0.25) is 0 Å². The molecule has 0 aromatic heterocycles. The maximum atomic E-state index is 8.55. The van der Waals surface area contributed by atoms with E-state index >= 15 is 0 Å². The summed E-state index contributed by atoms with van der Waals surface area (Å²) < 4.78 is 42.7. The Hall–Kier alpha value is 5.38. The molecule has 0 atom stereocenters. The molecule has 0 aliphatic carbocycles. The first kappa shape index (κ1) is 158. The number of hydrogen-bond donors (Lipinski definition) is 0. The maximum absolute atomic E-state index is 8.55. The summed E-state index contributed by atoms with van der Waals surface area (Å²) in [6.07, 6.45) is 0. The third-order valence-electron chi connectivity index (χ3n) is 0. The van der Waals surface area contributed by atoms with Crippen LogP contribution in [0.2, 0.25) is 0 Å². The van der Waals surface area contributed by atoms with Gasteiger partial charge in [-0.1, -0.05) is 0 Å². The normalized spacial score (nSPS) is 7.02. The molecule has 0 aromatic rings. The first-order valence-corrected chi connectivity index (χ1v) is 11.0. The van der Waals surface area contributed by atoms with Crippen LogP contribution in [0.3, 0.4) is 0 Å². The molecule has 42 heavy (non-hydrogen) atoms. The van der Waals surface area contributed by atoms with Gasteiger partial charge in [0.25, 0.3) is 0 Å². The summed E-state index contributed by atoms with van der Waals surface area (Å²) in [4.78, 5) is 128. The fourth-order valence-electron chi connectivity index (χ4n) is 0. The van der Waals surface area contributed by atoms with Crippen molar-refractivity contribution in [1.82, 2.24) is 0 Å². The van der Waals surface area contributed by atoms with E-state index in [1.54, 1.807) is 0 Å². The summed E-state index contributed by atoms with van der Waals surface area (Å²) in [7, 11) is -26.9. The van der Waals surface area contributed by atoms with E-state index < -0.39 is 39.1 Å². The standard InChI is InChI=1S/4Al.4Mg.5H3O4P.9H2O/c;;;;;;;;5*1-5(2,3)4;;;;;;;;;/h;;;;;;;;5*(H3,1,2,3,4);9*1H2/q4*+3;4*+2;;;;;;;;;;;;;;/p-20. The molecule has 42 heteroatoms. The molecule has 29 nitrogen and oxygen atoms in total. The first-order valence-electron chi connectivity index (χ1n) is 3.65. The summed E-state index contributed by atoms with van der Waals surface area (Å²) in [5.41, 5.74) is 0. The van der Waals surface area contributed by atoms with Crippen molar-refractivity contribution in [2.24, 2.45) is 0 Å². The smallest absolute Gasteiger partial charge is 0.870 e. The van der Waals surface area contributed by atoms with E-state index in [2.05, 4.69) is 0 Å². The van der Waals surface area contributed by atoms with E-state index in [-0.39, 0.29) is 211 Å². The van der Waals surface area contributed by atoms with Gasteiger partial charge in [0.15, 0.2) is 0 Å². The second-order valence-corrected chi connectivity index (χ2v) is 6.71. The Labute approximate surface area is 342 Å². The molecule has 0 saturated heterocycles. The van der Waals surface area contributed by atoms with Crippen molar-refractivity contribution in [2.45, 2.75) is 0 Å². The summed E-state index contributed by atoms with van der Waals surface area (Å²) in [5, 5.41) is 0. The molecule has 0 heterocycles. The third-order valence-corrected chi connectivity index (χ3v) is 0. The van der Waals surface area contributed by atoms with Crippen LogP contribution in [0.1, 0.15) is 0 Å². The van der Waals surface area contributed by atoms with Crippen LogP contribution in [0.4, 0.5) is 0 Å². The van der Waals surface area contributed by atoms with Gasteiger partial charge in [0.05, 0.1) is 0 Å². The molecule has 0 radical (unpaired) electrons. The summed E-state index contributed by atoms with van der Waals surface area (Å²) >= 11 is 0. The molecule has 13 N–H and O–H groups in total. The van der Waals surface area contributed by atoms with Crippen molar-refractivity contribution >= 4 is 201 Å². The van der Waals surface area contributed by atoms with Gasteiger partial charge in [0.2, 0.25) is 0 Å². The Kier molecular flexibility index (Phi) is 287. The first-order chi connectivity index (χ1) is 10.0. The predicted octanol–water partition coefficient (Wildman–Crippen LogP) is -21.4. The Bertz CT molecular complexity index is 405. The number of rotatable bonds is 0. The average molecular weight is 837 g/mol. The Morgan fingerprint density at radius 2 is 0.238 bits per heavy atom. The van der Waals surface area contributed by atoms with Crippen LogP contribution in [0.15, 0.2) is 0 Å².